The van der Waals surface area contributed by atoms with Gasteiger partial charge in [-0.15, -0.1) is 0 Å². The van der Waals surface area contributed by atoms with Crippen LogP contribution in [0.25, 0.3) is 0 Å². The summed E-state index contributed by atoms with van der Waals surface area (Å²) in [6, 6.07) is 0. The lowest BCUT2D eigenvalue weighted by atomic mass is 10.4. The van der Waals surface area contributed by atoms with Gasteiger partial charge in [-0.3, -0.25) is 0 Å². The Kier molecular flexibility index (Phi) is 7.55. The minimum absolute atomic E-state index is 0.662. The second-order valence-corrected chi connectivity index (χ2v) is 5.52. The minimum atomic E-state index is -2.29. The summed E-state index contributed by atoms with van der Waals surface area (Å²) in [5, 5.41) is 0. The number of hydrogen-bond acceptors (Lipinski definition) is 3. The predicted octanol–water partition coefficient (Wildman–Crippen LogP) is 2.44. The second kappa shape index (κ2) is 7.50. The smallest absolute Gasteiger partial charge is 0.374 e. The van der Waals surface area contributed by atoms with Crippen molar-refractivity contribution in [2.24, 2.45) is 0 Å². The maximum absolute atomic E-state index is 5.65. The fraction of sp³-hybridized carbons (Fsp3) is 1.00. The van der Waals surface area contributed by atoms with Crippen molar-refractivity contribution in [2.75, 3.05) is 19.8 Å². The first-order chi connectivity index (χ1) is 6.18. The molecule has 3 nitrogen and oxygen atoms in total. The Morgan fingerprint density at radius 2 is 1.46 bits per heavy atom. The molecule has 13 heavy (non-hydrogen) atoms. The van der Waals surface area contributed by atoms with E-state index < -0.39 is 8.80 Å². The topological polar surface area (TPSA) is 27.7 Å². The molecular weight excluding hydrogens is 184 g/mol. The van der Waals surface area contributed by atoms with Crippen molar-refractivity contribution in [1.82, 2.24) is 0 Å². The lowest BCUT2D eigenvalue weighted by Crippen LogP contribution is -2.42. The highest BCUT2D eigenvalue weighted by Gasteiger charge is 2.33. The van der Waals surface area contributed by atoms with Crippen LogP contribution in [0.1, 0.15) is 33.6 Å². The van der Waals surface area contributed by atoms with Gasteiger partial charge in [0.1, 0.15) is 0 Å². The molecule has 0 radical (unpaired) electrons. The zero-order valence-electron chi connectivity index (χ0n) is 9.26. The van der Waals surface area contributed by atoms with Gasteiger partial charge in [-0.2, -0.15) is 0 Å². The summed E-state index contributed by atoms with van der Waals surface area (Å²) in [5.74, 6) is 0. The zero-order valence-corrected chi connectivity index (χ0v) is 10.3. The van der Waals surface area contributed by atoms with Crippen LogP contribution < -0.4 is 0 Å². The van der Waals surface area contributed by atoms with Gasteiger partial charge in [0.15, 0.2) is 0 Å². The van der Waals surface area contributed by atoms with Crippen LogP contribution in [0.4, 0.5) is 0 Å². The maximum atomic E-state index is 5.65. The largest absolute Gasteiger partial charge is 0.497 e. The molecule has 0 aliphatic rings. The first-order valence-corrected chi connectivity index (χ1v) is 7.32. The SMILES string of the molecule is CCCCO[Si](C)(OCC)OCC. The van der Waals surface area contributed by atoms with E-state index in [1.54, 1.807) is 0 Å². The van der Waals surface area contributed by atoms with Crippen molar-refractivity contribution in [3.63, 3.8) is 0 Å². The van der Waals surface area contributed by atoms with E-state index in [1.165, 1.54) is 0 Å². The van der Waals surface area contributed by atoms with E-state index in [9.17, 15) is 0 Å². The second-order valence-electron chi connectivity index (χ2n) is 2.93. The molecule has 0 aromatic carbocycles. The molecule has 0 aromatic heterocycles. The summed E-state index contributed by atoms with van der Waals surface area (Å²) < 4.78 is 16.7. The van der Waals surface area contributed by atoms with E-state index in [1.807, 2.05) is 20.4 Å². The molecule has 0 aliphatic carbocycles. The van der Waals surface area contributed by atoms with E-state index in [0.29, 0.717) is 13.2 Å². The van der Waals surface area contributed by atoms with Gasteiger partial charge in [-0.05, 0) is 20.3 Å². The highest BCUT2D eigenvalue weighted by molar-refractivity contribution is 6.59. The molecule has 0 unspecified atom stereocenters. The Morgan fingerprint density at radius 3 is 1.85 bits per heavy atom. The fourth-order valence-corrected chi connectivity index (χ4v) is 2.87. The third kappa shape index (κ3) is 6.21. The molecule has 4 heteroatoms. The summed E-state index contributed by atoms with van der Waals surface area (Å²) in [6.07, 6.45) is 2.21. The Balaban J connectivity index is 3.76. The highest BCUT2D eigenvalue weighted by Crippen LogP contribution is 2.09. The van der Waals surface area contributed by atoms with Crippen LogP contribution >= 0.6 is 0 Å². The van der Waals surface area contributed by atoms with Crippen LogP contribution in [0, 0.1) is 0 Å². The zero-order chi connectivity index (χ0) is 10.2. The van der Waals surface area contributed by atoms with Gasteiger partial charge in [0, 0.05) is 26.4 Å². The maximum Gasteiger partial charge on any atom is 0.497 e. The first kappa shape index (κ1) is 13.1. The van der Waals surface area contributed by atoms with Crippen LogP contribution in [-0.2, 0) is 13.3 Å². The Bertz CT molecular complexity index is 113. The molecular formula is C9H22O3Si. The van der Waals surface area contributed by atoms with Gasteiger partial charge in [-0.1, -0.05) is 13.3 Å². The summed E-state index contributed by atoms with van der Waals surface area (Å²) in [7, 11) is -2.29. The van der Waals surface area contributed by atoms with E-state index in [-0.39, 0.29) is 0 Å². The van der Waals surface area contributed by atoms with Gasteiger partial charge in [0.25, 0.3) is 0 Å². The average molecular weight is 206 g/mol. The van der Waals surface area contributed by atoms with Crippen LogP contribution in [0.2, 0.25) is 6.55 Å². The lowest BCUT2D eigenvalue weighted by molar-refractivity contribution is 0.0728. The summed E-state index contributed by atoms with van der Waals surface area (Å²) >= 11 is 0. The molecule has 0 heterocycles. The van der Waals surface area contributed by atoms with E-state index in [2.05, 4.69) is 6.92 Å². The molecule has 80 valence electrons. The van der Waals surface area contributed by atoms with Crippen LogP contribution in [0.3, 0.4) is 0 Å². The molecule has 0 amide bonds. The molecule has 0 saturated carbocycles. The number of hydrogen-bond donors (Lipinski definition) is 0. The van der Waals surface area contributed by atoms with Gasteiger partial charge >= 0.3 is 8.80 Å². The van der Waals surface area contributed by atoms with E-state index in [4.69, 9.17) is 13.3 Å². The van der Waals surface area contributed by atoms with Crippen molar-refractivity contribution >= 4 is 8.80 Å². The molecule has 0 atom stereocenters. The van der Waals surface area contributed by atoms with E-state index >= 15 is 0 Å². The fourth-order valence-electron chi connectivity index (χ4n) is 1.05. The van der Waals surface area contributed by atoms with Gasteiger partial charge < -0.3 is 13.3 Å². The quantitative estimate of drug-likeness (QED) is 0.451. The Morgan fingerprint density at radius 1 is 0.923 bits per heavy atom. The molecule has 0 N–H and O–H groups in total. The monoisotopic (exact) mass is 206 g/mol. The number of unbranched alkanes of at least 4 members (excludes halogenated alkanes) is 1. The molecule has 0 spiro atoms. The molecule has 0 fully saturated rings. The Labute approximate surface area is 82.8 Å². The normalized spacial score (nSPS) is 12.0. The molecule has 0 aliphatic heterocycles. The van der Waals surface area contributed by atoms with Gasteiger partial charge in [0.05, 0.1) is 0 Å². The van der Waals surface area contributed by atoms with Crippen LogP contribution in [0.5, 0.6) is 0 Å². The van der Waals surface area contributed by atoms with Crippen molar-refractivity contribution in [1.29, 1.82) is 0 Å². The third-order valence-electron chi connectivity index (χ3n) is 1.68. The average Bonchev–Trinajstić information content (AvgIpc) is 2.05. The van der Waals surface area contributed by atoms with Crippen molar-refractivity contribution < 1.29 is 13.3 Å². The van der Waals surface area contributed by atoms with Crippen LogP contribution in [0.15, 0.2) is 0 Å². The molecule has 0 bridgehead atoms. The standard InChI is InChI=1S/C9H22O3Si/c1-5-8-9-12-13(4,10-6-2)11-7-3/h5-9H2,1-4H3. The molecule has 0 saturated heterocycles. The summed E-state index contributed by atoms with van der Waals surface area (Å²) in [5.41, 5.74) is 0. The minimum Gasteiger partial charge on any atom is -0.374 e. The van der Waals surface area contributed by atoms with E-state index in [0.717, 1.165) is 19.4 Å². The van der Waals surface area contributed by atoms with Crippen molar-refractivity contribution in [3.8, 4) is 0 Å². The first-order valence-electron chi connectivity index (χ1n) is 5.10. The summed E-state index contributed by atoms with van der Waals surface area (Å²) in [4.78, 5) is 0. The van der Waals surface area contributed by atoms with Crippen molar-refractivity contribution in [3.05, 3.63) is 0 Å². The third-order valence-corrected chi connectivity index (χ3v) is 4.03. The van der Waals surface area contributed by atoms with Gasteiger partial charge in [-0.25, -0.2) is 0 Å². The van der Waals surface area contributed by atoms with Crippen molar-refractivity contribution in [2.45, 2.75) is 40.2 Å². The molecule has 0 rings (SSSR count). The Hall–Kier alpha value is 0.0969. The van der Waals surface area contributed by atoms with Crippen LogP contribution in [-0.4, -0.2) is 28.6 Å². The lowest BCUT2D eigenvalue weighted by Gasteiger charge is -2.24. The summed E-state index contributed by atoms with van der Waals surface area (Å²) in [6.45, 7) is 10.1. The predicted molar refractivity (Wildman–Crippen MR) is 55.7 cm³/mol. The molecule has 0 aromatic rings. The number of rotatable bonds is 8. The van der Waals surface area contributed by atoms with Gasteiger partial charge in [0.2, 0.25) is 0 Å². The highest BCUT2D eigenvalue weighted by atomic mass is 28.4.